The average Bonchev–Trinajstić information content (AvgIpc) is 2.47. The van der Waals surface area contributed by atoms with Gasteiger partial charge in [-0.15, -0.1) is 0 Å². The standard InChI is InChI=1S/C16H17ClFNO/c1-16(11-20,13-5-3-2-4-6-13)19-10-12-7-8-14(17)9-15(12)18/h2-9,19-20H,10-11H2,1H3. The smallest absolute Gasteiger partial charge is 0.129 e. The Morgan fingerprint density at radius 1 is 1.20 bits per heavy atom. The van der Waals surface area contributed by atoms with Gasteiger partial charge in [0.05, 0.1) is 12.1 Å². The number of nitrogens with one attached hydrogen (secondary N) is 1. The number of halogens is 2. The Morgan fingerprint density at radius 2 is 1.90 bits per heavy atom. The molecule has 0 aliphatic heterocycles. The van der Waals surface area contributed by atoms with Crippen LogP contribution in [0.25, 0.3) is 0 Å². The first-order valence-corrected chi connectivity index (χ1v) is 6.78. The summed E-state index contributed by atoms with van der Waals surface area (Å²) in [7, 11) is 0. The van der Waals surface area contributed by atoms with Crippen LogP contribution < -0.4 is 5.32 Å². The zero-order chi connectivity index (χ0) is 14.6. The van der Waals surface area contributed by atoms with Crippen molar-refractivity contribution < 1.29 is 9.50 Å². The van der Waals surface area contributed by atoms with Crippen LogP contribution in [-0.4, -0.2) is 11.7 Å². The van der Waals surface area contributed by atoms with Gasteiger partial charge in [-0.2, -0.15) is 0 Å². The fraction of sp³-hybridized carbons (Fsp3) is 0.250. The lowest BCUT2D eigenvalue weighted by molar-refractivity contribution is 0.173. The van der Waals surface area contributed by atoms with Crippen molar-refractivity contribution in [3.05, 3.63) is 70.5 Å². The lowest BCUT2D eigenvalue weighted by Gasteiger charge is -2.29. The van der Waals surface area contributed by atoms with E-state index in [2.05, 4.69) is 5.32 Å². The molecular formula is C16H17ClFNO. The molecule has 0 saturated carbocycles. The van der Waals surface area contributed by atoms with Gasteiger partial charge in [0.2, 0.25) is 0 Å². The monoisotopic (exact) mass is 293 g/mol. The summed E-state index contributed by atoms with van der Waals surface area (Å²) in [5, 5.41) is 13.2. The molecule has 1 atom stereocenters. The molecule has 2 N–H and O–H groups in total. The summed E-state index contributed by atoms with van der Waals surface area (Å²) in [5.74, 6) is -0.349. The Labute approximate surface area is 123 Å². The van der Waals surface area contributed by atoms with E-state index in [-0.39, 0.29) is 12.4 Å². The van der Waals surface area contributed by atoms with Crippen molar-refractivity contribution in [2.24, 2.45) is 0 Å². The lowest BCUT2D eigenvalue weighted by atomic mass is 9.92. The second kappa shape index (κ2) is 6.35. The van der Waals surface area contributed by atoms with Gasteiger partial charge in [0, 0.05) is 17.1 Å². The fourth-order valence-electron chi connectivity index (χ4n) is 2.01. The summed E-state index contributed by atoms with van der Waals surface area (Å²) < 4.78 is 13.7. The molecule has 106 valence electrons. The number of rotatable bonds is 5. The molecule has 2 aromatic carbocycles. The summed E-state index contributed by atoms with van der Waals surface area (Å²) in [4.78, 5) is 0. The molecule has 0 aromatic heterocycles. The molecule has 0 bridgehead atoms. The Kier molecular flexibility index (Phi) is 4.76. The van der Waals surface area contributed by atoms with Crippen LogP contribution in [0.4, 0.5) is 4.39 Å². The van der Waals surface area contributed by atoms with Gasteiger partial charge in [-0.05, 0) is 24.6 Å². The minimum Gasteiger partial charge on any atom is -0.394 e. The Bertz CT molecular complexity index is 576. The molecule has 0 aliphatic carbocycles. The summed E-state index contributed by atoms with van der Waals surface area (Å²) in [6.07, 6.45) is 0. The van der Waals surface area contributed by atoms with E-state index >= 15 is 0 Å². The van der Waals surface area contributed by atoms with E-state index in [1.54, 1.807) is 12.1 Å². The number of hydrogen-bond acceptors (Lipinski definition) is 2. The molecule has 0 aliphatic rings. The quantitative estimate of drug-likeness (QED) is 0.885. The molecule has 4 heteroatoms. The fourth-order valence-corrected chi connectivity index (χ4v) is 2.17. The molecular weight excluding hydrogens is 277 g/mol. The molecule has 2 nitrogen and oxygen atoms in total. The summed E-state index contributed by atoms with van der Waals surface area (Å²) in [6, 6.07) is 14.2. The molecule has 0 spiro atoms. The first-order valence-electron chi connectivity index (χ1n) is 6.40. The molecule has 1 unspecified atom stereocenters. The highest BCUT2D eigenvalue weighted by atomic mass is 35.5. The largest absolute Gasteiger partial charge is 0.394 e. The van der Waals surface area contributed by atoms with Crippen LogP contribution in [0.15, 0.2) is 48.5 Å². The van der Waals surface area contributed by atoms with Crippen LogP contribution in [-0.2, 0) is 12.1 Å². The second-order valence-electron chi connectivity index (χ2n) is 4.95. The highest BCUT2D eigenvalue weighted by molar-refractivity contribution is 6.30. The molecule has 2 rings (SSSR count). The van der Waals surface area contributed by atoms with E-state index in [0.29, 0.717) is 17.1 Å². The van der Waals surface area contributed by atoms with Gasteiger partial charge in [-0.25, -0.2) is 4.39 Å². The Hall–Kier alpha value is -1.42. The number of aliphatic hydroxyl groups is 1. The van der Waals surface area contributed by atoms with E-state index in [9.17, 15) is 9.50 Å². The minimum absolute atomic E-state index is 0.0772. The number of hydrogen-bond donors (Lipinski definition) is 2. The van der Waals surface area contributed by atoms with Gasteiger partial charge in [0.25, 0.3) is 0 Å². The van der Waals surface area contributed by atoms with Crippen molar-refractivity contribution in [3.8, 4) is 0 Å². The van der Waals surface area contributed by atoms with Gasteiger partial charge in [0.15, 0.2) is 0 Å². The van der Waals surface area contributed by atoms with Crippen LogP contribution in [0.5, 0.6) is 0 Å². The maximum absolute atomic E-state index is 13.7. The highest BCUT2D eigenvalue weighted by Crippen LogP contribution is 2.21. The van der Waals surface area contributed by atoms with Crippen molar-refractivity contribution in [2.75, 3.05) is 6.61 Å². The predicted octanol–water partition coefficient (Wildman–Crippen LogP) is 3.48. The topological polar surface area (TPSA) is 32.3 Å². The Morgan fingerprint density at radius 3 is 2.50 bits per heavy atom. The number of benzene rings is 2. The number of aliphatic hydroxyl groups excluding tert-OH is 1. The molecule has 0 heterocycles. The highest BCUT2D eigenvalue weighted by Gasteiger charge is 2.25. The predicted molar refractivity (Wildman–Crippen MR) is 79.1 cm³/mol. The summed E-state index contributed by atoms with van der Waals surface area (Å²) in [5.41, 5.74) is 0.856. The van der Waals surface area contributed by atoms with Crippen LogP contribution >= 0.6 is 11.6 Å². The molecule has 2 aromatic rings. The van der Waals surface area contributed by atoms with Crippen molar-refractivity contribution >= 4 is 11.6 Å². The van der Waals surface area contributed by atoms with Crippen molar-refractivity contribution in [1.82, 2.24) is 5.32 Å². The average molecular weight is 294 g/mol. The third-order valence-corrected chi connectivity index (χ3v) is 3.65. The van der Waals surface area contributed by atoms with Crippen LogP contribution in [0.1, 0.15) is 18.1 Å². The first-order chi connectivity index (χ1) is 9.55. The zero-order valence-corrected chi connectivity index (χ0v) is 12.0. The van der Waals surface area contributed by atoms with Gasteiger partial charge < -0.3 is 10.4 Å². The summed E-state index contributed by atoms with van der Waals surface area (Å²) >= 11 is 5.73. The van der Waals surface area contributed by atoms with Gasteiger partial charge in [-0.3, -0.25) is 0 Å². The maximum atomic E-state index is 13.7. The molecule has 0 saturated heterocycles. The third-order valence-electron chi connectivity index (χ3n) is 3.41. The maximum Gasteiger partial charge on any atom is 0.129 e. The van der Waals surface area contributed by atoms with E-state index < -0.39 is 5.54 Å². The van der Waals surface area contributed by atoms with Crippen LogP contribution in [0.3, 0.4) is 0 Å². The van der Waals surface area contributed by atoms with Crippen LogP contribution in [0, 0.1) is 5.82 Å². The van der Waals surface area contributed by atoms with E-state index in [1.807, 2.05) is 37.3 Å². The van der Waals surface area contributed by atoms with Gasteiger partial charge >= 0.3 is 0 Å². The van der Waals surface area contributed by atoms with Gasteiger partial charge in [0.1, 0.15) is 5.82 Å². The van der Waals surface area contributed by atoms with E-state index in [1.165, 1.54) is 6.07 Å². The molecule has 20 heavy (non-hydrogen) atoms. The minimum atomic E-state index is -0.618. The van der Waals surface area contributed by atoms with E-state index in [4.69, 9.17) is 11.6 Å². The molecule has 0 fully saturated rings. The zero-order valence-electron chi connectivity index (χ0n) is 11.2. The SMILES string of the molecule is CC(CO)(NCc1ccc(Cl)cc1F)c1ccccc1. The summed E-state index contributed by atoms with van der Waals surface area (Å²) in [6.45, 7) is 2.12. The normalized spacial score (nSPS) is 14.0. The van der Waals surface area contributed by atoms with E-state index in [0.717, 1.165) is 5.56 Å². The molecule has 0 radical (unpaired) electrons. The lowest BCUT2D eigenvalue weighted by Crippen LogP contribution is -2.42. The third kappa shape index (κ3) is 3.37. The Balaban J connectivity index is 2.15. The van der Waals surface area contributed by atoms with Crippen molar-refractivity contribution in [2.45, 2.75) is 19.0 Å². The van der Waals surface area contributed by atoms with Crippen molar-refractivity contribution in [1.29, 1.82) is 0 Å². The van der Waals surface area contributed by atoms with Gasteiger partial charge in [-0.1, -0.05) is 48.0 Å². The van der Waals surface area contributed by atoms with Crippen LogP contribution in [0.2, 0.25) is 5.02 Å². The van der Waals surface area contributed by atoms with Crippen molar-refractivity contribution in [3.63, 3.8) is 0 Å². The molecule has 0 amide bonds. The second-order valence-corrected chi connectivity index (χ2v) is 5.38. The first kappa shape index (κ1) is 15.0.